The molecule has 256 valence electrons. The third-order valence-corrected chi connectivity index (χ3v) is 11.2. The van der Waals surface area contributed by atoms with E-state index in [1.165, 1.54) is 7.11 Å². The van der Waals surface area contributed by atoms with Crippen molar-refractivity contribution in [2.75, 3.05) is 50.5 Å². The Bertz CT molecular complexity index is 1670. The number of carbonyl (C=O) groups excluding carboxylic acids is 2. The van der Waals surface area contributed by atoms with Crippen molar-refractivity contribution < 1.29 is 32.2 Å². The molecule has 0 spiro atoms. The zero-order valence-corrected chi connectivity index (χ0v) is 28.1. The predicted octanol–water partition coefficient (Wildman–Crippen LogP) is 4.20. The second kappa shape index (κ2) is 15.3. The lowest BCUT2D eigenvalue weighted by Gasteiger charge is -2.40. The SMILES string of the molecule is COc1cc(OC2CCN(S(=O)(=O)CCCNCc3cccnc3)CC2)ccc1C(=O)N1CCC(N2C(=O)OCc3ccccc32)CC1. The van der Waals surface area contributed by atoms with E-state index in [-0.39, 0.29) is 36.5 Å². The minimum Gasteiger partial charge on any atom is -0.496 e. The molecule has 3 aromatic rings. The monoisotopic (exact) mass is 677 g/mol. The van der Waals surface area contributed by atoms with E-state index in [4.69, 9.17) is 14.2 Å². The molecule has 6 rings (SSSR count). The Morgan fingerprint density at radius 1 is 1.02 bits per heavy atom. The van der Waals surface area contributed by atoms with Gasteiger partial charge >= 0.3 is 6.09 Å². The number of nitrogens with zero attached hydrogens (tertiary/aromatic N) is 4. The molecule has 48 heavy (non-hydrogen) atoms. The molecule has 3 aliphatic heterocycles. The number of para-hydroxylation sites is 1. The maximum atomic E-state index is 13.6. The zero-order chi connectivity index (χ0) is 33.5. The van der Waals surface area contributed by atoms with Crippen LogP contribution < -0.4 is 19.7 Å². The average Bonchev–Trinajstić information content (AvgIpc) is 3.12. The van der Waals surface area contributed by atoms with Crippen LogP contribution in [0.2, 0.25) is 0 Å². The molecular weight excluding hydrogens is 634 g/mol. The van der Waals surface area contributed by atoms with E-state index in [0.29, 0.717) is 88.4 Å². The van der Waals surface area contributed by atoms with Crippen molar-refractivity contribution >= 4 is 27.7 Å². The molecule has 1 aromatic heterocycles. The summed E-state index contributed by atoms with van der Waals surface area (Å²) in [6, 6.07) is 16.8. The number of rotatable bonds is 12. The molecule has 3 aliphatic rings. The highest BCUT2D eigenvalue weighted by molar-refractivity contribution is 7.89. The van der Waals surface area contributed by atoms with E-state index >= 15 is 0 Å². The number of pyridine rings is 1. The van der Waals surface area contributed by atoms with Gasteiger partial charge in [0, 0.05) is 62.8 Å². The number of carbonyl (C=O) groups is 2. The highest BCUT2D eigenvalue weighted by Gasteiger charge is 2.36. The number of nitrogens with one attached hydrogen (secondary N) is 1. The van der Waals surface area contributed by atoms with Gasteiger partial charge in [0.25, 0.3) is 5.91 Å². The Balaban J connectivity index is 0.967. The fraction of sp³-hybridized carbons (Fsp3) is 0.457. The molecule has 0 unspecified atom stereocenters. The third-order valence-electron chi connectivity index (χ3n) is 9.22. The summed E-state index contributed by atoms with van der Waals surface area (Å²) in [4.78, 5) is 33.9. The fourth-order valence-corrected chi connectivity index (χ4v) is 8.14. The second-order valence-corrected chi connectivity index (χ2v) is 14.5. The second-order valence-electron chi connectivity index (χ2n) is 12.4. The van der Waals surface area contributed by atoms with Gasteiger partial charge in [-0.15, -0.1) is 0 Å². The molecule has 0 atom stereocenters. The van der Waals surface area contributed by atoms with Crippen molar-refractivity contribution in [3.63, 3.8) is 0 Å². The molecule has 13 heteroatoms. The van der Waals surface area contributed by atoms with Gasteiger partial charge in [-0.3, -0.25) is 14.7 Å². The van der Waals surface area contributed by atoms with Gasteiger partial charge in [0.1, 0.15) is 24.2 Å². The molecule has 2 aromatic carbocycles. The van der Waals surface area contributed by atoms with Crippen LogP contribution in [-0.4, -0.2) is 92.3 Å². The van der Waals surface area contributed by atoms with Gasteiger partial charge in [0.05, 0.1) is 24.1 Å². The number of anilines is 1. The molecule has 1 N–H and O–H groups in total. The van der Waals surface area contributed by atoms with Gasteiger partial charge in [-0.05, 0) is 68.5 Å². The molecule has 2 amide bonds. The van der Waals surface area contributed by atoms with Crippen LogP contribution in [0.4, 0.5) is 10.5 Å². The van der Waals surface area contributed by atoms with Crippen LogP contribution in [0.25, 0.3) is 0 Å². The minimum absolute atomic E-state index is 0.0537. The molecule has 2 fully saturated rings. The first-order chi connectivity index (χ1) is 23.3. The van der Waals surface area contributed by atoms with E-state index in [0.717, 1.165) is 16.8 Å². The number of fused-ring (bicyclic) bond motifs is 1. The molecular formula is C35H43N5O7S. The van der Waals surface area contributed by atoms with Gasteiger partial charge < -0.3 is 24.4 Å². The van der Waals surface area contributed by atoms with Crippen molar-refractivity contribution in [1.29, 1.82) is 0 Å². The zero-order valence-electron chi connectivity index (χ0n) is 27.3. The summed E-state index contributed by atoms with van der Waals surface area (Å²) in [6.45, 7) is 3.34. The van der Waals surface area contributed by atoms with Crippen molar-refractivity contribution in [1.82, 2.24) is 19.5 Å². The fourth-order valence-electron chi connectivity index (χ4n) is 6.60. The van der Waals surface area contributed by atoms with E-state index in [2.05, 4.69) is 10.3 Å². The molecule has 2 saturated heterocycles. The highest BCUT2D eigenvalue weighted by atomic mass is 32.2. The van der Waals surface area contributed by atoms with Gasteiger partial charge in [0.15, 0.2) is 0 Å². The normalized spacial score (nSPS) is 17.9. The van der Waals surface area contributed by atoms with Crippen LogP contribution in [0.5, 0.6) is 11.5 Å². The Morgan fingerprint density at radius 2 is 1.81 bits per heavy atom. The maximum Gasteiger partial charge on any atom is 0.414 e. The summed E-state index contributed by atoms with van der Waals surface area (Å²) in [7, 11) is -1.82. The number of aromatic nitrogens is 1. The van der Waals surface area contributed by atoms with Crippen molar-refractivity contribution in [3.8, 4) is 11.5 Å². The summed E-state index contributed by atoms with van der Waals surface area (Å²) in [5.41, 5.74) is 3.37. The average molecular weight is 678 g/mol. The summed E-state index contributed by atoms with van der Waals surface area (Å²) in [6.07, 6.45) is 5.98. The lowest BCUT2D eigenvalue weighted by atomic mass is 10.00. The van der Waals surface area contributed by atoms with Gasteiger partial charge in [-0.2, -0.15) is 0 Å². The first-order valence-corrected chi connectivity index (χ1v) is 18.2. The molecule has 0 radical (unpaired) electrons. The first kappa shape index (κ1) is 33.7. The number of cyclic esters (lactones) is 1. The van der Waals surface area contributed by atoms with Crippen LogP contribution in [0.15, 0.2) is 67.0 Å². The molecule has 0 bridgehead atoms. The van der Waals surface area contributed by atoms with Crippen LogP contribution in [0.3, 0.4) is 0 Å². The Labute approximate surface area is 282 Å². The third kappa shape index (κ3) is 7.91. The topological polar surface area (TPSA) is 131 Å². The molecule has 0 saturated carbocycles. The summed E-state index contributed by atoms with van der Waals surface area (Å²) >= 11 is 0. The van der Waals surface area contributed by atoms with Crippen LogP contribution >= 0.6 is 0 Å². The van der Waals surface area contributed by atoms with Crippen LogP contribution in [-0.2, 0) is 27.9 Å². The maximum absolute atomic E-state index is 13.6. The van der Waals surface area contributed by atoms with Crippen molar-refractivity contribution in [2.24, 2.45) is 0 Å². The van der Waals surface area contributed by atoms with Gasteiger partial charge in [-0.1, -0.05) is 24.3 Å². The van der Waals surface area contributed by atoms with Crippen molar-refractivity contribution in [3.05, 3.63) is 83.7 Å². The Hall–Kier alpha value is -4.20. The smallest absolute Gasteiger partial charge is 0.414 e. The predicted molar refractivity (Wildman–Crippen MR) is 181 cm³/mol. The number of amides is 2. The highest BCUT2D eigenvalue weighted by Crippen LogP contribution is 2.33. The number of sulfonamides is 1. The largest absolute Gasteiger partial charge is 0.496 e. The van der Waals surface area contributed by atoms with Crippen LogP contribution in [0.1, 0.15) is 53.6 Å². The van der Waals surface area contributed by atoms with E-state index in [1.54, 1.807) is 44.7 Å². The first-order valence-electron chi connectivity index (χ1n) is 16.6. The van der Waals surface area contributed by atoms with E-state index in [9.17, 15) is 18.0 Å². The Kier molecular flexibility index (Phi) is 10.8. The number of piperidine rings is 2. The number of benzene rings is 2. The standard InChI is InChI=1S/C35H43N5O7S/c1-45-33-22-30(47-29-13-19-39(20-14-29)48(43,44)21-5-16-37-24-26-6-4-15-36-23-26)9-10-31(33)34(41)38-17-11-28(12-18-38)40-32-8-3-2-7-27(32)25-46-35(40)42/h2-4,6-10,15,22-23,28-29,37H,5,11-14,16-21,24-25H2,1H3. The summed E-state index contributed by atoms with van der Waals surface area (Å²) < 4.78 is 44.7. The summed E-state index contributed by atoms with van der Waals surface area (Å²) in [5.74, 6) is 0.960. The van der Waals surface area contributed by atoms with Crippen molar-refractivity contribution in [2.45, 2.75) is 57.4 Å². The molecule has 12 nitrogen and oxygen atoms in total. The van der Waals surface area contributed by atoms with Gasteiger partial charge in [0.2, 0.25) is 10.0 Å². The Morgan fingerprint density at radius 3 is 2.56 bits per heavy atom. The minimum atomic E-state index is -3.35. The van der Waals surface area contributed by atoms with Gasteiger partial charge in [-0.25, -0.2) is 17.5 Å². The number of likely N-dealkylation sites (tertiary alicyclic amines) is 1. The summed E-state index contributed by atoms with van der Waals surface area (Å²) in [5, 5.41) is 3.27. The lowest BCUT2D eigenvalue weighted by Crippen LogP contribution is -2.50. The lowest BCUT2D eigenvalue weighted by molar-refractivity contribution is 0.0705. The number of methoxy groups -OCH3 is 1. The van der Waals surface area contributed by atoms with E-state index in [1.807, 2.05) is 36.4 Å². The number of hydrogen-bond acceptors (Lipinski definition) is 9. The van der Waals surface area contributed by atoms with Crippen LogP contribution in [0, 0.1) is 0 Å². The van der Waals surface area contributed by atoms with E-state index < -0.39 is 10.0 Å². The number of hydrogen-bond donors (Lipinski definition) is 1. The quantitative estimate of drug-likeness (QED) is 0.280. The molecule has 4 heterocycles. The number of ether oxygens (including phenoxy) is 3. The molecule has 0 aliphatic carbocycles.